The number of aliphatic hydroxyl groups excluding tert-OH is 1. The summed E-state index contributed by atoms with van der Waals surface area (Å²) < 4.78 is 4.87. The molecule has 0 fully saturated rings. The average molecular weight is 184 g/mol. The second-order valence-corrected chi connectivity index (χ2v) is 3.56. The van der Waals surface area contributed by atoms with Gasteiger partial charge in [-0.1, -0.05) is 6.92 Å². The number of hydrogen-bond acceptors (Lipinski definition) is 3. The van der Waals surface area contributed by atoms with E-state index in [2.05, 4.69) is 0 Å². The second kappa shape index (κ2) is 3.94. The van der Waals surface area contributed by atoms with E-state index in [0.717, 1.165) is 5.56 Å². The van der Waals surface area contributed by atoms with E-state index in [1.165, 1.54) is 0 Å². The first-order valence-corrected chi connectivity index (χ1v) is 4.48. The molecular formula is C10H16O3. The van der Waals surface area contributed by atoms with Gasteiger partial charge in [0.2, 0.25) is 0 Å². The average Bonchev–Trinajstić information content (AvgIpc) is 2.57. The predicted octanol–water partition coefficient (Wildman–Crippen LogP) is 1.34. The molecule has 0 saturated heterocycles. The van der Waals surface area contributed by atoms with Crippen molar-refractivity contribution in [3.05, 3.63) is 24.2 Å². The maximum atomic E-state index is 9.71. The van der Waals surface area contributed by atoms with Crippen molar-refractivity contribution in [3.8, 4) is 0 Å². The van der Waals surface area contributed by atoms with Crippen LogP contribution in [0.25, 0.3) is 0 Å². The van der Waals surface area contributed by atoms with Crippen molar-refractivity contribution < 1.29 is 14.6 Å². The molecule has 0 aliphatic rings. The minimum atomic E-state index is -1.02. The first-order valence-electron chi connectivity index (χ1n) is 4.48. The summed E-state index contributed by atoms with van der Waals surface area (Å²) in [6, 6.07) is 1.79. The summed E-state index contributed by atoms with van der Waals surface area (Å²) in [5, 5.41) is 19.4. The van der Waals surface area contributed by atoms with Crippen LogP contribution < -0.4 is 0 Å². The van der Waals surface area contributed by atoms with Gasteiger partial charge in [0.25, 0.3) is 0 Å². The molecule has 0 saturated carbocycles. The molecule has 74 valence electrons. The van der Waals surface area contributed by atoms with E-state index in [1.807, 2.05) is 6.92 Å². The minimum Gasteiger partial charge on any atom is -0.472 e. The Balaban J connectivity index is 2.55. The normalized spacial score (nSPS) is 18.2. The zero-order chi connectivity index (χ0) is 9.90. The van der Waals surface area contributed by atoms with Gasteiger partial charge in [-0.3, -0.25) is 0 Å². The lowest BCUT2D eigenvalue weighted by Crippen LogP contribution is -2.39. The SMILES string of the molecule is CCC(C)(O)C(O)Cc1ccoc1. The van der Waals surface area contributed by atoms with Crippen LogP contribution in [-0.2, 0) is 6.42 Å². The lowest BCUT2D eigenvalue weighted by Gasteiger charge is -2.27. The van der Waals surface area contributed by atoms with E-state index >= 15 is 0 Å². The predicted molar refractivity (Wildman–Crippen MR) is 49.3 cm³/mol. The second-order valence-electron chi connectivity index (χ2n) is 3.56. The summed E-state index contributed by atoms with van der Waals surface area (Å²) in [5.74, 6) is 0. The first kappa shape index (κ1) is 10.3. The van der Waals surface area contributed by atoms with Gasteiger partial charge in [-0.2, -0.15) is 0 Å². The zero-order valence-electron chi connectivity index (χ0n) is 8.03. The summed E-state index contributed by atoms with van der Waals surface area (Å²) in [4.78, 5) is 0. The lowest BCUT2D eigenvalue weighted by molar-refractivity contribution is -0.0629. The van der Waals surface area contributed by atoms with Gasteiger partial charge in [-0.05, 0) is 25.0 Å². The van der Waals surface area contributed by atoms with Gasteiger partial charge in [-0.25, -0.2) is 0 Å². The van der Waals surface area contributed by atoms with E-state index < -0.39 is 11.7 Å². The third-order valence-corrected chi connectivity index (χ3v) is 2.44. The largest absolute Gasteiger partial charge is 0.472 e. The monoisotopic (exact) mass is 184 g/mol. The summed E-state index contributed by atoms with van der Waals surface area (Å²) in [6.45, 7) is 3.48. The molecule has 1 aromatic rings. The van der Waals surface area contributed by atoms with Crippen LogP contribution in [0.2, 0.25) is 0 Å². The molecule has 0 spiro atoms. The molecule has 0 aliphatic heterocycles. The molecule has 0 aromatic carbocycles. The molecule has 0 radical (unpaired) electrons. The van der Waals surface area contributed by atoms with Crippen LogP contribution in [0.5, 0.6) is 0 Å². The Morgan fingerprint density at radius 2 is 2.31 bits per heavy atom. The van der Waals surface area contributed by atoms with Crippen molar-refractivity contribution in [1.82, 2.24) is 0 Å². The molecule has 0 bridgehead atoms. The standard InChI is InChI=1S/C10H16O3/c1-3-10(2,12)9(11)6-8-4-5-13-7-8/h4-5,7,9,11-12H,3,6H2,1-2H3. The van der Waals surface area contributed by atoms with Crippen LogP contribution in [0.1, 0.15) is 25.8 Å². The van der Waals surface area contributed by atoms with Gasteiger partial charge in [0.05, 0.1) is 24.2 Å². The molecule has 3 nitrogen and oxygen atoms in total. The maximum absolute atomic E-state index is 9.71. The fraction of sp³-hybridized carbons (Fsp3) is 0.600. The third kappa shape index (κ3) is 2.57. The fourth-order valence-electron chi connectivity index (χ4n) is 1.09. The highest BCUT2D eigenvalue weighted by Crippen LogP contribution is 2.18. The number of furan rings is 1. The van der Waals surface area contributed by atoms with Gasteiger partial charge >= 0.3 is 0 Å². The topological polar surface area (TPSA) is 53.6 Å². The highest BCUT2D eigenvalue weighted by atomic mass is 16.3. The van der Waals surface area contributed by atoms with Gasteiger partial charge < -0.3 is 14.6 Å². The number of aliphatic hydroxyl groups is 2. The van der Waals surface area contributed by atoms with E-state index in [4.69, 9.17) is 4.42 Å². The van der Waals surface area contributed by atoms with Gasteiger partial charge in [0.1, 0.15) is 0 Å². The fourth-order valence-corrected chi connectivity index (χ4v) is 1.09. The summed E-state index contributed by atoms with van der Waals surface area (Å²) in [6.07, 6.45) is 3.36. The van der Waals surface area contributed by atoms with Crippen LogP contribution in [0.15, 0.2) is 23.0 Å². The van der Waals surface area contributed by atoms with E-state index in [0.29, 0.717) is 12.8 Å². The highest BCUT2D eigenvalue weighted by Gasteiger charge is 2.28. The Morgan fingerprint density at radius 3 is 2.77 bits per heavy atom. The maximum Gasteiger partial charge on any atom is 0.0935 e. The molecule has 0 aliphatic carbocycles. The highest BCUT2D eigenvalue weighted by molar-refractivity contribution is 5.08. The summed E-state index contributed by atoms with van der Waals surface area (Å²) in [7, 11) is 0. The van der Waals surface area contributed by atoms with Gasteiger partial charge in [0, 0.05) is 6.42 Å². The molecule has 2 unspecified atom stereocenters. The van der Waals surface area contributed by atoms with Crippen LogP contribution in [0, 0.1) is 0 Å². The van der Waals surface area contributed by atoms with Crippen LogP contribution in [0.4, 0.5) is 0 Å². The Morgan fingerprint density at radius 1 is 1.62 bits per heavy atom. The van der Waals surface area contributed by atoms with Crippen molar-refractivity contribution in [1.29, 1.82) is 0 Å². The Labute approximate surface area is 78.0 Å². The lowest BCUT2D eigenvalue weighted by atomic mass is 9.92. The van der Waals surface area contributed by atoms with Crippen molar-refractivity contribution in [2.24, 2.45) is 0 Å². The van der Waals surface area contributed by atoms with Crippen LogP contribution >= 0.6 is 0 Å². The van der Waals surface area contributed by atoms with Crippen LogP contribution in [-0.4, -0.2) is 21.9 Å². The molecule has 1 rings (SSSR count). The number of hydrogen-bond donors (Lipinski definition) is 2. The first-order chi connectivity index (χ1) is 6.06. The Bertz CT molecular complexity index is 239. The quantitative estimate of drug-likeness (QED) is 0.742. The molecule has 13 heavy (non-hydrogen) atoms. The van der Waals surface area contributed by atoms with Crippen LogP contribution in [0.3, 0.4) is 0 Å². The molecule has 2 atom stereocenters. The Kier molecular flexibility index (Phi) is 3.12. The summed E-state index contributed by atoms with van der Waals surface area (Å²) >= 11 is 0. The Hall–Kier alpha value is -0.800. The molecule has 3 heteroatoms. The zero-order valence-corrected chi connectivity index (χ0v) is 8.03. The van der Waals surface area contributed by atoms with Crippen molar-refractivity contribution in [3.63, 3.8) is 0 Å². The molecule has 0 amide bonds. The molecular weight excluding hydrogens is 168 g/mol. The van der Waals surface area contributed by atoms with E-state index in [9.17, 15) is 10.2 Å². The van der Waals surface area contributed by atoms with E-state index in [-0.39, 0.29) is 0 Å². The molecule has 1 heterocycles. The smallest absolute Gasteiger partial charge is 0.0935 e. The van der Waals surface area contributed by atoms with E-state index in [1.54, 1.807) is 25.5 Å². The van der Waals surface area contributed by atoms with Gasteiger partial charge in [-0.15, -0.1) is 0 Å². The third-order valence-electron chi connectivity index (χ3n) is 2.44. The number of rotatable bonds is 4. The molecule has 2 N–H and O–H groups in total. The van der Waals surface area contributed by atoms with Crippen molar-refractivity contribution in [2.75, 3.05) is 0 Å². The van der Waals surface area contributed by atoms with Crippen molar-refractivity contribution >= 4 is 0 Å². The summed E-state index contributed by atoms with van der Waals surface area (Å²) in [5.41, 5.74) is -0.113. The minimum absolute atomic E-state index is 0.428. The molecule has 1 aromatic heterocycles. The van der Waals surface area contributed by atoms with Gasteiger partial charge in [0.15, 0.2) is 0 Å². The van der Waals surface area contributed by atoms with Crippen molar-refractivity contribution in [2.45, 2.75) is 38.4 Å².